The largest absolute Gasteiger partial charge is 0.378 e. The predicted molar refractivity (Wildman–Crippen MR) is 54.2 cm³/mol. The number of likely N-dealkylation sites (N-methyl/N-ethyl adjacent to an activating group) is 2. The molecule has 0 saturated heterocycles. The van der Waals surface area contributed by atoms with Gasteiger partial charge in [0.15, 0.2) is 0 Å². The third kappa shape index (κ3) is 2.37. The van der Waals surface area contributed by atoms with Gasteiger partial charge in [-0.2, -0.15) is 0 Å². The van der Waals surface area contributed by atoms with E-state index in [1.807, 2.05) is 6.92 Å². The summed E-state index contributed by atoms with van der Waals surface area (Å²) in [4.78, 5) is 4.61. The Labute approximate surface area is 81.0 Å². The van der Waals surface area contributed by atoms with Gasteiger partial charge >= 0.3 is 0 Å². The molecule has 0 atom stereocenters. The van der Waals surface area contributed by atoms with Crippen molar-refractivity contribution in [2.75, 3.05) is 26.3 Å². The summed E-state index contributed by atoms with van der Waals surface area (Å²) in [5.41, 5.74) is 0. The Morgan fingerprint density at radius 2 is 1.62 bits per heavy atom. The summed E-state index contributed by atoms with van der Waals surface area (Å²) in [7, 11) is 0. The van der Waals surface area contributed by atoms with Crippen molar-refractivity contribution in [3.63, 3.8) is 0 Å². The van der Waals surface area contributed by atoms with Crippen molar-refractivity contribution in [1.29, 1.82) is 0 Å². The van der Waals surface area contributed by atoms with Gasteiger partial charge in [0.2, 0.25) is 0 Å². The Bertz CT molecular complexity index is 156. The van der Waals surface area contributed by atoms with E-state index in [1.165, 1.54) is 0 Å². The summed E-state index contributed by atoms with van der Waals surface area (Å²) in [5, 5.41) is 0. The fourth-order valence-corrected chi connectivity index (χ4v) is 1.61. The van der Waals surface area contributed by atoms with E-state index in [0.29, 0.717) is 6.17 Å². The molecule has 1 rings (SSSR count). The first-order valence-corrected chi connectivity index (χ1v) is 5.11. The molecule has 0 unspecified atom stereocenters. The average Bonchev–Trinajstić information content (AvgIpc) is 2.56. The second kappa shape index (κ2) is 5.12. The third-order valence-electron chi connectivity index (χ3n) is 2.42. The first-order valence-electron chi connectivity index (χ1n) is 5.11. The monoisotopic (exact) mass is 184 g/mol. The standard InChI is InChI=1S/C10H20N2O/c1-4-11-7-8-12(5-2)10(11)9-13-6-3/h7-8,10H,4-6,9H2,1-3H3. The van der Waals surface area contributed by atoms with Crippen molar-refractivity contribution in [3.05, 3.63) is 12.4 Å². The van der Waals surface area contributed by atoms with Gasteiger partial charge in [-0.3, -0.25) is 0 Å². The van der Waals surface area contributed by atoms with Gasteiger partial charge < -0.3 is 14.5 Å². The third-order valence-corrected chi connectivity index (χ3v) is 2.42. The zero-order chi connectivity index (χ0) is 9.68. The second-order valence-corrected chi connectivity index (χ2v) is 3.10. The molecule has 0 saturated carbocycles. The summed E-state index contributed by atoms with van der Waals surface area (Å²) in [6, 6.07) is 0. The molecule has 0 aromatic rings. The summed E-state index contributed by atoms with van der Waals surface area (Å²) < 4.78 is 5.46. The minimum absolute atomic E-state index is 0.412. The first kappa shape index (κ1) is 10.4. The zero-order valence-electron chi connectivity index (χ0n) is 8.86. The van der Waals surface area contributed by atoms with Crippen LogP contribution in [0.4, 0.5) is 0 Å². The smallest absolute Gasteiger partial charge is 0.125 e. The van der Waals surface area contributed by atoms with Crippen LogP contribution >= 0.6 is 0 Å². The van der Waals surface area contributed by atoms with E-state index >= 15 is 0 Å². The highest BCUT2D eigenvalue weighted by molar-refractivity contribution is 4.96. The molecule has 0 spiro atoms. The van der Waals surface area contributed by atoms with Crippen LogP contribution in [0.15, 0.2) is 12.4 Å². The van der Waals surface area contributed by atoms with Crippen molar-refractivity contribution in [2.24, 2.45) is 0 Å². The summed E-state index contributed by atoms with van der Waals surface area (Å²) in [6.45, 7) is 10.1. The maximum Gasteiger partial charge on any atom is 0.125 e. The Morgan fingerprint density at radius 1 is 1.08 bits per heavy atom. The van der Waals surface area contributed by atoms with Gasteiger partial charge in [0.25, 0.3) is 0 Å². The molecule has 13 heavy (non-hydrogen) atoms. The molecule has 0 N–H and O–H groups in total. The topological polar surface area (TPSA) is 15.7 Å². The molecule has 1 aliphatic heterocycles. The lowest BCUT2D eigenvalue weighted by atomic mass is 10.4. The SMILES string of the molecule is CCOCC1N(CC)C=CN1CC. The van der Waals surface area contributed by atoms with Crippen molar-refractivity contribution in [1.82, 2.24) is 9.80 Å². The molecule has 76 valence electrons. The number of ether oxygens (including phenoxy) is 1. The molecule has 1 aliphatic rings. The number of rotatable bonds is 5. The average molecular weight is 184 g/mol. The van der Waals surface area contributed by atoms with Gasteiger partial charge in [-0.15, -0.1) is 0 Å². The highest BCUT2D eigenvalue weighted by atomic mass is 16.5. The van der Waals surface area contributed by atoms with E-state index < -0.39 is 0 Å². The lowest BCUT2D eigenvalue weighted by molar-refractivity contribution is 0.0390. The van der Waals surface area contributed by atoms with E-state index in [4.69, 9.17) is 4.74 Å². The van der Waals surface area contributed by atoms with E-state index in [-0.39, 0.29) is 0 Å². The molecular formula is C10H20N2O. The zero-order valence-corrected chi connectivity index (χ0v) is 8.86. The fourth-order valence-electron chi connectivity index (χ4n) is 1.61. The Morgan fingerprint density at radius 3 is 2.00 bits per heavy atom. The van der Waals surface area contributed by atoms with E-state index in [2.05, 4.69) is 36.0 Å². The lowest BCUT2D eigenvalue weighted by Gasteiger charge is -2.30. The van der Waals surface area contributed by atoms with Crippen LogP contribution in [0.5, 0.6) is 0 Å². The molecule has 3 heteroatoms. The van der Waals surface area contributed by atoms with Gasteiger partial charge in [-0.05, 0) is 20.8 Å². The number of hydrogen-bond acceptors (Lipinski definition) is 3. The van der Waals surface area contributed by atoms with Crippen molar-refractivity contribution >= 4 is 0 Å². The van der Waals surface area contributed by atoms with Gasteiger partial charge in [0, 0.05) is 32.1 Å². The molecule has 0 fully saturated rings. The van der Waals surface area contributed by atoms with Crippen molar-refractivity contribution in [3.8, 4) is 0 Å². The predicted octanol–water partition coefficient (Wildman–Crippen LogP) is 1.48. The van der Waals surface area contributed by atoms with Gasteiger partial charge in [-0.1, -0.05) is 0 Å². The molecule has 1 heterocycles. The highest BCUT2D eigenvalue weighted by Crippen LogP contribution is 2.15. The summed E-state index contributed by atoms with van der Waals surface area (Å²) in [6.07, 6.45) is 4.70. The van der Waals surface area contributed by atoms with Crippen LogP contribution in [-0.2, 0) is 4.74 Å². The normalized spacial score (nSPS) is 17.5. The maximum atomic E-state index is 5.46. The van der Waals surface area contributed by atoms with E-state index in [1.54, 1.807) is 0 Å². The Balaban J connectivity index is 2.45. The van der Waals surface area contributed by atoms with Gasteiger partial charge in [-0.25, -0.2) is 0 Å². The lowest BCUT2D eigenvalue weighted by Crippen LogP contribution is -2.42. The molecule has 0 bridgehead atoms. The maximum absolute atomic E-state index is 5.46. The first-order chi connectivity index (χ1) is 6.33. The molecule has 0 radical (unpaired) electrons. The second-order valence-electron chi connectivity index (χ2n) is 3.10. The molecule has 3 nitrogen and oxygen atoms in total. The minimum atomic E-state index is 0.412. The Kier molecular flexibility index (Phi) is 4.09. The van der Waals surface area contributed by atoms with Gasteiger partial charge in [0.05, 0.1) is 6.61 Å². The summed E-state index contributed by atoms with van der Waals surface area (Å²) in [5.74, 6) is 0. The number of hydrogen-bond donors (Lipinski definition) is 0. The van der Waals surface area contributed by atoms with Crippen molar-refractivity contribution in [2.45, 2.75) is 26.9 Å². The van der Waals surface area contributed by atoms with Crippen LogP contribution in [0, 0.1) is 0 Å². The van der Waals surface area contributed by atoms with Crippen LogP contribution in [0.1, 0.15) is 20.8 Å². The van der Waals surface area contributed by atoms with Crippen LogP contribution in [0.3, 0.4) is 0 Å². The minimum Gasteiger partial charge on any atom is -0.378 e. The van der Waals surface area contributed by atoms with Crippen LogP contribution in [0.2, 0.25) is 0 Å². The molecule has 0 aromatic carbocycles. The molecule has 0 amide bonds. The van der Waals surface area contributed by atoms with Crippen LogP contribution < -0.4 is 0 Å². The van der Waals surface area contributed by atoms with Gasteiger partial charge in [0.1, 0.15) is 6.17 Å². The van der Waals surface area contributed by atoms with Crippen molar-refractivity contribution < 1.29 is 4.74 Å². The van der Waals surface area contributed by atoms with E-state index in [9.17, 15) is 0 Å². The van der Waals surface area contributed by atoms with Crippen LogP contribution in [0.25, 0.3) is 0 Å². The summed E-state index contributed by atoms with van der Waals surface area (Å²) >= 11 is 0. The quantitative estimate of drug-likeness (QED) is 0.643. The molecular weight excluding hydrogens is 164 g/mol. The Hall–Kier alpha value is -0.700. The fraction of sp³-hybridized carbons (Fsp3) is 0.800. The number of nitrogens with zero attached hydrogens (tertiary/aromatic N) is 2. The highest BCUT2D eigenvalue weighted by Gasteiger charge is 2.23. The van der Waals surface area contributed by atoms with E-state index in [0.717, 1.165) is 26.3 Å². The molecule has 0 aromatic heterocycles. The van der Waals surface area contributed by atoms with Crippen LogP contribution in [-0.4, -0.2) is 42.3 Å². The molecule has 0 aliphatic carbocycles.